The summed E-state index contributed by atoms with van der Waals surface area (Å²) in [4.78, 5) is 36.8. The Morgan fingerprint density at radius 1 is 1.33 bits per heavy atom. The molecule has 0 aromatic carbocycles. The number of hydrogen-bond donors (Lipinski definition) is 1. The molecule has 1 saturated heterocycles. The zero-order chi connectivity index (χ0) is 19.4. The summed E-state index contributed by atoms with van der Waals surface area (Å²) in [6.45, 7) is 1.15. The summed E-state index contributed by atoms with van der Waals surface area (Å²) in [6.07, 6.45) is 3.15. The first-order valence-corrected chi connectivity index (χ1v) is 8.71. The van der Waals surface area contributed by atoms with E-state index in [9.17, 15) is 9.59 Å². The molecule has 3 heterocycles. The van der Waals surface area contributed by atoms with Crippen LogP contribution in [0.3, 0.4) is 0 Å². The number of rotatable bonds is 6. The molecule has 1 N–H and O–H groups in total. The van der Waals surface area contributed by atoms with Crippen LogP contribution in [0.15, 0.2) is 41.5 Å². The Morgan fingerprint density at radius 2 is 2.15 bits per heavy atom. The van der Waals surface area contributed by atoms with Gasteiger partial charge in [-0.3, -0.25) is 9.59 Å². The van der Waals surface area contributed by atoms with E-state index in [-0.39, 0.29) is 30.2 Å². The van der Waals surface area contributed by atoms with E-state index in [4.69, 9.17) is 4.74 Å². The number of methoxy groups -OCH3 is 1. The lowest BCUT2D eigenvalue weighted by molar-refractivity contribution is -0.123. The molecule has 2 aromatic heterocycles. The molecule has 0 spiro atoms. The minimum Gasteiger partial charge on any atom is -0.377 e. The Kier molecular flexibility index (Phi) is 5.70. The van der Waals surface area contributed by atoms with Crippen LogP contribution in [-0.2, 0) is 16.1 Å². The van der Waals surface area contributed by atoms with E-state index >= 15 is 0 Å². The third-order valence-electron chi connectivity index (χ3n) is 4.48. The number of ether oxygens (including phenoxy) is 1. The Morgan fingerprint density at radius 3 is 2.85 bits per heavy atom. The lowest BCUT2D eigenvalue weighted by Crippen LogP contribution is -2.45. The number of nitrogens with zero attached hydrogens (tertiary/aromatic N) is 5. The van der Waals surface area contributed by atoms with E-state index in [0.717, 1.165) is 5.82 Å². The lowest BCUT2D eigenvalue weighted by Gasteiger charge is -2.19. The monoisotopic (exact) mass is 372 g/mol. The third-order valence-corrected chi connectivity index (χ3v) is 4.48. The molecule has 9 heteroatoms. The predicted octanol–water partition coefficient (Wildman–Crippen LogP) is -0.276. The number of amides is 1. The van der Waals surface area contributed by atoms with Crippen molar-refractivity contribution in [3.05, 3.63) is 47.0 Å². The molecule has 0 bridgehead atoms. The van der Waals surface area contributed by atoms with Crippen LogP contribution in [0.4, 0.5) is 11.8 Å². The van der Waals surface area contributed by atoms with Gasteiger partial charge in [0.2, 0.25) is 11.9 Å². The Labute approximate surface area is 157 Å². The van der Waals surface area contributed by atoms with Crippen molar-refractivity contribution < 1.29 is 9.53 Å². The number of hydrogen-bond acceptors (Lipinski definition) is 7. The average molecular weight is 372 g/mol. The minimum absolute atomic E-state index is 0.0229. The van der Waals surface area contributed by atoms with Gasteiger partial charge in [0, 0.05) is 52.8 Å². The first kappa shape index (κ1) is 18.8. The van der Waals surface area contributed by atoms with E-state index in [1.807, 2.05) is 25.1 Å². The summed E-state index contributed by atoms with van der Waals surface area (Å²) in [5.41, 5.74) is -0.207. The van der Waals surface area contributed by atoms with Gasteiger partial charge in [0.05, 0.1) is 12.1 Å². The molecular weight excluding hydrogens is 348 g/mol. The molecule has 0 aliphatic carbocycles. The van der Waals surface area contributed by atoms with Crippen LogP contribution in [0.1, 0.15) is 0 Å². The van der Waals surface area contributed by atoms with E-state index in [1.165, 1.54) is 10.6 Å². The number of nitrogens with one attached hydrogen (secondary N) is 1. The molecule has 1 aliphatic rings. The highest BCUT2D eigenvalue weighted by atomic mass is 16.5. The topological polar surface area (TPSA) is 92.6 Å². The minimum atomic E-state index is -0.228. The van der Waals surface area contributed by atoms with Gasteiger partial charge in [-0.05, 0) is 12.1 Å². The summed E-state index contributed by atoms with van der Waals surface area (Å²) in [7, 11) is 5.39. The van der Waals surface area contributed by atoms with Crippen molar-refractivity contribution in [2.24, 2.45) is 0 Å². The molecule has 3 rings (SSSR count). The number of carbonyl (C=O) groups excluding carboxylic acids is 1. The Hall–Kier alpha value is -2.94. The quantitative estimate of drug-likeness (QED) is 0.746. The Balaban J connectivity index is 1.67. The molecule has 0 radical (unpaired) electrons. The lowest BCUT2D eigenvalue weighted by atomic mass is 10.2. The smallest absolute Gasteiger partial charge is 0.250 e. The van der Waals surface area contributed by atoms with Gasteiger partial charge in [-0.15, -0.1) is 0 Å². The number of aromatic nitrogens is 3. The van der Waals surface area contributed by atoms with Crippen molar-refractivity contribution in [3.8, 4) is 0 Å². The van der Waals surface area contributed by atoms with E-state index in [2.05, 4.69) is 20.2 Å². The second kappa shape index (κ2) is 8.17. The van der Waals surface area contributed by atoms with Crippen LogP contribution in [-0.4, -0.2) is 66.9 Å². The molecule has 9 nitrogen and oxygen atoms in total. The molecule has 1 aliphatic heterocycles. The number of pyridine rings is 1. The van der Waals surface area contributed by atoms with Crippen molar-refractivity contribution in [3.63, 3.8) is 0 Å². The van der Waals surface area contributed by atoms with Gasteiger partial charge >= 0.3 is 0 Å². The second-order valence-electron chi connectivity index (χ2n) is 6.63. The van der Waals surface area contributed by atoms with Crippen LogP contribution in [0, 0.1) is 0 Å². The van der Waals surface area contributed by atoms with Gasteiger partial charge in [0.15, 0.2) is 0 Å². The van der Waals surface area contributed by atoms with Gasteiger partial charge < -0.3 is 24.4 Å². The predicted molar refractivity (Wildman–Crippen MR) is 102 cm³/mol. The van der Waals surface area contributed by atoms with E-state index in [1.54, 1.807) is 31.6 Å². The van der Waals surface area contributed by atoms with Crippen molar-refractivity contribution in [1.82, 2.24) is 19.9 Å². The maximum atomic E-state index is 12.4. The number of anilines is 2. The van der Waals surface area contributed by atoms with Gasteiger partial charge in [-0.25, -0.2) is 4.98 Å². The molecule has 1 fully saturated rings. The van der Waals surface area contributed by atoms with Gasteiger partial charge in [-0.2, -0.15) is 4.98 Å². The SMILES string of the molecule is CO[C@@H]1CN(c2ccnc(N(C)C)n2)C[C@@H]1NC(=O)Cn1ccccc1=O. The van der Waals surface area contributed by atoms with E-state index < -0.39 is 0 Å². The van der Waals surface area contributed by atoms with E-state index in [0.29, 0.717) is 19.0 Å². The Bertz CT molecular complexity index is 853. The largest absolute Gasteiger partial charge is 0.377 e. The fourth-order valence-electron chi connectivity index (χ4n) is 3.07. The summed E-state index contributed by atoms with van der Waals surface area (Å²) in [6, 6.07) is 6.45. The average Bonchev–Trinajstić information content (AvgIpc) is 3.06. The second-order valence-corrected chi connectivity index (χ2v) is 6.63. The van der Waals surface area contributed by atoms with Gasteiger partial charge in [-0.1, -0.05) is 6.07 Å². The summed E-state index contributed by atoms with van der Waals surface area (Å²) < 4.78 is 6.92. The van der Waals surface area contributed by atoms with Crippen LogP contribution in [0.5, 0.6) is 0 Å². The molecule has 2 aromatic rings. The van der Waals surface area contributed by atoms with Crippen molar-refractivity contribution in [1.29, 1.82) is 0 Å². The molecule has 0 unspecified atom stereocenters. The normalized spacial score (nSPS) is 19.1. The molecular formula is C18H24N6O3. The van der Waals surface area contributed by atoms with Crippen LogP contribution < -0.4 is 20.7 Å². The first-order chi connectivity index (χ1) is 13.0. The molecule has 0 saturated carbocycles. The van der Waals surface area contributed by atoms with Crippen LogP contribution in [0.2, 0.25) is 0 Å². The zero-order valence-electron chi connectivity index (χ0n) is 15.7. The molecule has 144 valence electrons. The fourth-order valence-corrected chi connectivity index (χ4v) is 3.07. The van der Waals surface area contributed by atoms with Crippen molar-refractivity contribution >= 4 is 17.7 Å². The maximum Gasteiger partial charge on any atom is 0.250 e. The molecule has 2 atom stereocenters. The highest BCUT2D eigenvalue weighted by Gasteiger charge is 2.34. The fraction of sp³-hybridized carbons (Fsp3) is 0.444. The molecule has 27 heavy (non-hydrogen) atoms. The summed E-state index contributed by atoms with van der Waals surface area (Å²) in [5.74, 6) is 1.18. The van der Waals surface area contributed by atoms with Crippen molar-refractivity contribution in [2.45, 2.75) is 18.7 Å². The van der Waals surface area contributed by atoms with Crippen LogP contribution >= 0.6 is 0 Å². The zero-order valence-corrected chi connectivity index (χ0v) is 15.7. The van der Waals surface area contributed by atoms with Crippen LogP contribution in [0.25, 0.3) is 0 Å². The highest BCUT2D eigenvalue weighted by molar-refractivity contribution is 5.76. The third kappa shape index (κ3) is 4.43. The highest BCUT2D eigenvalue weighted by Crippen LogP contribution is 2.21. The maximum absolute atomic E-state index is 12.4. The summed E-state index contributed by atoms with van der Waals surface area (Å²) >= 11 is 0. The van der Waals surface area contributed by atoms with Crippen molar-refractivity contribution in [2.75, 3.05) is 44.1 Å². The van der Waals surface area contributed by atoms with Gasteiger partial charge in [0.1, 0.15) is 12.4 Å². The first-order valence-electron chi connectivity index (χ1n) is 8.71. The standard InChI is InChI=1S/C18H24N6O3/c1-22(2)18-19-8-7-15(21-18)24-10-13(14(11-24)27-3)20-16(25)12-23-9-5-4-6-17(23)26/h4-9,13-14H,10-12H2,1-3H3,(H,20,25)/t13-,14+/m0/s1. The van der Waals surface area contributed by atoms with Gasteiger partial charge in [0.25, 0.3) is 5.56 Å². The molecule has 1 amide bonds. The summed E-state index contributed by atoms with van der Waals surface area (Å²) in [5, 5.41) is 2.97. The number of carbonyl (C=O) groups is 1.